The number of carbonyl (C=O) groups is 1. The fourth-order valence-electron chi connectivity index (χ4n) is 4.13. The van der Waals surface area contributed by atoms with Gasteiger partial charge in [-0.3, -0.25) is 24.3 Å². The number of nitrogens with zero attached hydrogens (tertiary/aromatic N) is 3. The lowest BCUT2D eigenvalue weighted by Gasteiger charge is -2.25. The molecule has 1 N–H and O–H groups in total. The molecule has 0 aliphatic carbocycles. The molecule has 1 amide bonds. The fourth-order valence-corrected chi connectivity index (χ4v) is 5.17. The minimum Gasteiger partial charge on any atom is -0.322 e. The fraction of sp³-hybridized carbons (Fsp3) is 0.0741. The maximum Gasteiger partial charge on any atom is 0.271 e. The van der Waals surface area contributed by atoms with Crippen LogP contribution in [0.2, 0.25) is 0 Å². The average Bonchev–Trinajstić information content (AvgIpc) is 3.18. The van der Waals surface area contributed by atoms with Crippen LogP contribution in [0.1, 0.15) is 24.1 Å². The van der Waals surface area contributed by atoms with Crippen LogP contribution >= 0.6 is 11.3 Å². The first kappa shape index (κ1) is 23.1. The molecule has 0 saturated carbocycles. The third kappa shape index (κ3) is 4.39. The van der Waals surface area contributed by atoms with Crippen LogP contribution in [0.5, 0.6) is 0 Å². The lowest BCUT2D eigenvalue weighted by atomic mass is 9.95. The van der Waals surface area contributed by atoms with Crippen molar-refractivity contribution in [1.82, 2.24) is 4.57 Å². The third-order valence-corrected chi connectivity index (χ3v) is 6.80. The van der Waals surface area contributed by atoms with E-state index in [9.17, 15) is 19.7 Å². The second kappa shape index (κ2) is 9.55. The Labute approximate surface area is 209 Å². The van der Waals surface area contributed by atoms with Gasteiger partial charge in [0.25, 0.3) is 17.2 Å². The number of amides is 1. The smallest absolute Gasteiger partial charge is 0.271 e. The number of hydrogen-bond acceptors (Lipinski definition) is 6. The van der Waals surface area contributed by atoms with Gasteiger partial charge in [-0.1, -0.05) is 59.9 Å². The van der Waals surface area contributed by atoms with Crippen molar-refractivity contribution in [3.8, 4) is 0 Å². The monoisotopic (exact) mass is 496 g/mol. The zero-order valence-corrected chi connectivity index (χ0v) is 19.9. The summed E-state index contributed by atoms with van der Waals surface area (Å²) in [5, 5.41) is 13.9. The molecular formula is C27H20N4O4S. The van der Waals surface area contributed by atoms with Crippen LogP contribution in [-0.4, -0.2) is 15.4 Å². The molecule has 0 spiro atoms. The van der Waals surface area contributed by atoms with Gasteiger partial charge in [-0.05, 0) is 48.4 Å². The van der Waals surface area contributed by atoms with Crippen molar-refractivity contribution < 1.29 is 9.72 Å². The summed E-state index contributed by atoms with van der Waals surface area (Å²) in [6.07, 6.45) is 1.68. The Hall–Kier alpha value is -4.63. The zero-order valence-electron chi connectivity index (χ0n) is 19.1. The normalized spacial score (nSPS) is 15.2. The van der Waals surface area contributed by atoms with Crippen molar-refractivity contribution in [3.05, 3.63) is 137 Å². The van der Waals surface area contributed by atoms with E-state index in [-0.39, 0.29) is 17.2 Å². The van der Waals surface area contributed by atoms with Gasteiger partial charge in [0.1, 0.15) is 0 Å². The number of rotatable bonds is 5. The highest BCUT2D eigenvalue weighted by Crippen LogP contribution is 2.30. The third-order valence-electron chi connectivity index (χ3n) is 5.81. The highest BCUT2D eigenvalue weighted by atomic mass is 32.1. The van der Waals surface area contributed by atoms with E-state index < -0.39 is 11.0 Å². The number of hydrogen-bond donors (Lipinski definition) is 1. The highest BCUT2D eigenvalue weighted by Gasteiger charge is 2.32. The molecule has 0 bridgehead atoms. The summed E-state index contributed by atoms with van der Waals surface area (Å²) in [6, 6.07) is 23.8. The van der Waals surface area contributed by atoms with E-state index in [0.717, 1.165) is 5.56 Å². The molecule has 36 heavy (non-hydrogen) atoms. The Morgan fingerprint density at radius 2 is 1.67 bits per heavy atom. The quantitative estimate of drug-likeness (QED) is 0.335. The molecule has 4 aromatic rings. The summed E-state index contributed by atoms with van der Waals surface area (Å²) in [4.78, 5) is 42.7. The van der Waals surface area contributed by atoms with Gasteiger partial charge in [-0.2, -0.15) is 0 Å². The number of non-ortho nitro benzene ring substituents is 1. The molecule has 1 aliphatic rings. The van der Waals surface area contributed by atoms with Crippen LogP contribution in [0.15, 0.2) is 106 Å². The number of nitro benzene ring substituents is 1. The first-order valence-corrected chi connectivity index (χ1v) is 11.9. The molecule has 178 valence electrons. The van der Waals surface area contributed by atoms with Crippen LogP contribution in [0, 0.1) is 10.1 Å². The number of benzene rings is 3. The van der Waals surface area contributed by atoms with Crippen LogP contribution in [0.3, 0.4) is 0 Å². The second-order valence-corrected chi connectivity index (χ2v) is 9.17. The predicted molar refractivity (Wildman–Crippen MR) is 138 cm³/mol. The lowest BCUT2D eigenvalue weighted by Crippen LogP contribution is -2.40. The van der Waals surface area contributed by atoms with E-state index in [0.29, 0.717) is 31.9 Å². The van der Waals surface area contributed by atoms with E-state index >= 15 is 0 Å². The summed E-state index contributed by atoms with van der Waals surface area (Å²) < 4.78 is 1.96. The van der Waals surface area contributed by atoms with E-state index in [1.807, 2.05) is 48.5 Å². The van der Waals surface area contributed by atoms with Gasteiger partial charge in [0, 0.05) is 17.8 Å². The minimum absolute atomic E-state index is 0.0256. The van der Waals surface area contributed by atoms with Crippen LogP contribution in [0.4, 0.5) is 11.4 Å². The standard InChI is InChI=1S/C27H20N4O4S/c1-17-23(25(32)29-20-10-6-3-7-11-20)24(19-8-4-2-5-9-19)30-26(33)22(36-27(30)28-17)16-18-12-14-21(15-13-18)31(34)35/h2-16,24H,1H3,(H,29,32). The molecule has 3 aromatic carbocycles. The van der Waals surface area contributed by atoms with E-state index in [4.69, 9.17) is 0 Å². The molecule has 1 unspecified atom stereocenters. The lowest BCUT2D eigenvalue weighted by molar-refractivity contribution is -0.384. The van der Waals surface area contributed by atoms with E-state index in [1.165, 1.54) is 23.5 Å². The number of fused-ring (bicyclic) bond motifs is 1. The Bertz CT molecular complexity index is 1670. The SMILES string of the molecule is CC1=C(C(=O)Nc2ccccc2)C(c2ccccc2)n2c(sc(=Cc3ccc([N+](=O)[O-])cc3)c2=O)=N1. The van der Waals surface area contributed by atoms with Crippen LogP contribution in [0.25, 0.3) is 6.08 Å². The summed E-state index contributed by atoms with van der Waals surface area (Å²) in [5.74, 6) is -0.332. The van der Waals surface area contributed by atoms with Gasteiger partial charge in [0.2, 0.25) is 0 Å². The molecule has 5 rings (SSSR count). The van der Waals surface area contributed by atoms with Gasteiger partial charge in [0.15, 0.2) is 4.80 Å². The number of aromatic nitrogens is 1. The van der Waals surface area contributed by atoms with Crippen molar-refractivity contribution in [3.63, 3.8) is 0 Å². The molecule has 1 aliphatic heterocycles. The Kier molecular flexibility index (Phi) is 6.14. The van der Waals surface area contributed by atoms with Crippen molar-refractivity contribution in [2.24, 2.45) is 4.99 Å². The number of anilines is 1. The largest absolute Gasteiger partial charge is 0.322 e. The molecule has 1 aromatic heterocycles. The number of nitrogens with one attached hydrogen (secondary N) is 1. The maximum atomic E-state index is 13.6. The van der Waals surface area contributed by atoms with Crippen LogP contribution < -0.4 is 20.2 Å². The topological polar surface area (TPSA) is 107 Å². The molecular weight excluding hydrogens is 476 g/mol. The van der Waals surface area contributed by atoms with Gasteiger partial charge >= 0.3 is 0 Å². The molecule has 1 atom stereocenters. The minimum atomic E-state index is -0.662. The number of nitro groups is 1. The van der Waals surface area contributed by atoms with Crippen LogP contribution in [-0.2, 0) is 4.79 Å². The predicted octanol–water partition coefficient (Wildman–Crippen LogP) is 3.78. The van der Waals surface area contributed by atoms with Gasteiger partial charge in [0.05, 0.1) is 26.8 Å². The number of para-hydroxylation sites is 1. The number of allylic oxidation sites excluding steroid dienone is 1. The summed E-state index contributed by atoms with van der Waals surface area (Å²) in [5.41, 5.74) is 2.68. The number of thiazole rings is 1. The molecule has 8 nitrogen and oxygen atoms in total. The molecule has 2 heterocycles. The molecule has 9 heteroatoms. The zero-order chi connectivity index (χ0) is 25.2. The van der Waals surface area contributed by atoms with Gasteiger partial charge < -0.3 is 5.32 Å². The summed E-state index contributed by atoms with van der Waals surface area (Å²) in [7, 11) is 0. The number of carbonyl (C=O) groups excluding carboxylic acids is 1. The van der Waals surface area contributed by atoms with Crippen molar-refractivity contribution in [2.45, 2.75) is 13.0 Å². The molecule has 0 radical (unpaired) electrons. The Morgan fingerprint density at radius 1 is 1.03 bits per heavy atom. The summed E-state index contributed by atoms with van der Waals surface area (Å²) >= 11 is 1.22. The van der Waals surface area contributed by atoms with Crippen molar-refractivity contribution in [2.75, 3.05) is 5.32 Å². The highest BCUT2D eigenvalue weighted by molar-refractivity contribution is 7.07. The average molecular weight is 497 g/mol. The maximum absolute atomic E-state index is 13.6. The van der Waals surface area contributed by atoms with Gasteiger partial charge in [-0.15, -0.1) is 0 Å². The van der Waals surface area contributed by atoms with E-state index in [1.54, 1.807) is 41.8 Å². The molecule has 0 saturated heterocycles. The first-order chi connectivity index (χ1) is 17.4. The van der Waals surface area contributed by atoms with Crippen molar-refractivity contribution >= 4 is 34.7 Å². The molecule has 0 fully saturated rings. The second-order valence-electron chi connectivity index (χ2n) is 8.16. The van der Waals surface area contributed by atoms with E-state index in [2.05, 4.69) is 10.3 Å². The first-order valence-electron chi connectivity index (χ1n) is 11.1. The van der Waals surface area contributed by atoms with Gasteiger partial charge in [-0.25, -0.2) is 4.99 Å². The Balaban J connectivity index is 1.63. The van der Waals surface area contributed by atoms with Crippen molar-refractivity contribution in [1.29, 1.82) is 0 Å². The Morgan fingerprint density at radius 3 is 2.31 bits per heavy atom. The summed E-state index contributed by atoms with van der Waals surface area (Å²) in [6.45, 7) is 1.77.